The van der Waals surface area contributed by atoms with Gasteiger partial charge in [0, 0.05) is 26.2 Å². The molecule has 6 aliphatic carbocycles. The number of anilines is 6. The lowest BCUT2D eigenvalue weighted by atomic mass is 9.53. The van der Waals surface area contributed by atoms with E-state index >= 15 is 0 Å². The standard InChI is InChI=1S/2C28H26FN7O8/c29-14-2-1-13(9-15(14)33-19-18(30)20(37)21(19)38)11-31-23(40)17-10-16(34-25-35-44-26(43)36(17)25)22(39)32-12-27-3-6-28(7-4-27,8-5-27)24(41)42;29-14-2-1-13(9-15(14)33-19-18(30)20(37)21(19)38)11-31-22(39)16-10-17(36-25(34-16)35-44-26(36)43)23(40)32-12-27-3-6-28(7-4-27,8-5-27)24(41)42/h1-2,9-10,33H,3-8,11-12,30H2,(H,31,40)(H,32,39)(H,41,42);1-2,9-10,33H,3-8,11-12,30H2,(H,31,39)(H,32,40)(H,41,42). The van der Waals surface area contributed by atoms with E-state index in [0.717, 1.165) is 33.1 Å². The highest BCUT2D eigenvalue weighted by Crippen LogP contribution is 2.58. The number of hydrogen-bond donors (Lipinski definition) is 10. The van der Waals surface area contributed by atoms with Crippen LogP contribution in [0.4, 0.5) is 42.9 Å². The number of nitrogens with two attached hydrogens (primary N) is 2. The Morgan fingerprint density at radius 2 is 0.852 bits per heavy atom. The van der Waals surface area contributed by atoms with Crippen LogP contribution >= 0.6 is 0 Å². The lowest BCUT2D eigenvalue weighted by molar-refractivity contribution is -0.159. The molecule has 32 heteroatoms. The highest BCUT2D eigenvalue weighted by atomic mass is 19.1. The largest absolute Gasteiger partial charge is 0.481 e. The third-order valence-corrected chi connectivity index (χ3v) is 17.9. The molecular formula is C56H52F2N14O16. The van der Waals surface area contributed by atoms with Crippen LogP contribution < -0.4 is 76.6 Å². The summed E-state index contributed by atoms with van der Waals surface area (Å²) in [4.78, 5) is 155. The third kappa shape index (κ3) is 10.6. The molecule has 4 aromatic heterocycles. The van der Waals surface area contributed by atoms with Crippen LogP contribution in [0.3, 0.4) is 0 Å². The molecule has 0 aliphatic heterocycles. The van der Waals surface area contributed by atoms with Gasteiger partial charge in [0.25, 0.3) is 56.9 Å². The average Bonchev–Trinajstić information content (AvgIpc) is 2.04. The number of carboxylic acid groups (broad SMARTS) is 2. The molecule has 0 unspecified atom stereocenters. The zero-order valence-electron chi connectivity index (χ0n) is 46.1. The predicted octanol–water partition coefficient (Wildman–Crippen LogP) is 1.66. The molecule has 6 fully saturated rings. The lowest BCUT2D eigenvalue weighted by Crippen LogP contribution is -2.50. The topological polar surface area (TPSA) is 456 Å². The van der Waals surface area contributed by atoms with Gasteiger partial charge in [-0.2, -0.15) is 0 Å². The first-order valence-electron chi connectivity index (χ1n) is 27.5. The number of aliphatic carboxylic acids is 2. The van der Waals surface area contributed by atoms with Gasteiger partial charge < -0.3 is 53.6 Å². The van der Waals surface area contributed by atoms with Crippen LogP contribution in [0.2, 0.25) is 0 Å². The molecule has 4 heterocycles. The molecule has 4 amide bonds. The number of benzene rings is 2. The monoisotopic (exact) mass is 1210 g/mol. The molecule has 6 aliphatic rings. The zero-order chi connectivity index (χ0) is 62.8. The number of carbonyl (C=O) groups is 6. The first kappa shape index (κ1) is 58.9. The van der Waals surface area contributed by atoms with Gasteiger partial charge in [0.1, 0.15) is 57.2 Å². The van der Waals surface area contributed by atoms with Crippen molar-refractivity contribution >= 4 is 81.2 Å². The maximum atomic E-state index is 14.4. The molecule has 4 bridgehead atoms. The van der Waals surface area contributed by atoms with E-state index in [2.05, 4.69) is 61.2 Å². The molecule has 4 aromatic carbocycles. The second-order valence-corrected chi connectivity index (χ2v) is 22.9. The van der Waals surface area contributed by atoms with Crippen LogP contribution in [0, 0.1) is 33.3 Å². The molecule has 456 valence electrons. The molecule has 6 saturated carbocycles. The number of amides is 4. The Labute approximate surface area is 490 Å². The van der Waals surface area contributed by atoms with Crippen LogP contribution in [-0.4, -0.2) is 88.0 Å². The van der Waals surface area contributed by atoms with Gasteiger partial charge in [0.05, 0.1) is 22.2 Å². The summed E-state index contributed by atoms with van der Waals surface area (Å²) in [6.45, 7) is 0.261. The summed E-state index contributed by atoms with van der Waals surface area (Å²) >= 11 is 0. The van der Waals surface area contributed by atoms with Crippen molar-refractivity contribution in [2.24, 2.45) is 21.7 Å². The molecule has 0 radical (unpaired) electrons. The Kier molecular flexibility index (Phi) is 14.9. The number of nitrogens with zero attached hydrogens (tertiary/aromatic N) is 6. The molecule has 30 nitrogen and oxygen atoms in total. The summed E-state index contributed by atoms with van der Waals surface area (Å²) in [7, 11) is 0. The van der Waals surface area contributed by atoms with Crippen LogP contribution in [-0.2, 0) is 22.7 Å². The molecule has 0 atom stereocenters. The minimum atomic E-state index is -1.01. The van der Waals surface area contributed by atoms with Crippen molar-refractivity contribution in [2.75, 3.05) is 35.2 Å². The fourth-order valence-electron chi connectivity index (χ4n) is 12.1. The van der Waals surface area contributed by atoms with Crippen molar-refractivity contribution in [2.45, 2.75) is 90.1 Å². The number of aromatic nitrogens is 6. The van der Waals surface area contributed by atoms with E-state index < -0.39 is 91.3 Å². The molecule has 12 N–H and O–H groups in total. The molecule has 8 aromatic rings. The minimum Gasteiger partial charge on any atom is -0.481 e. The summed E-state index contributed by atoms with van der Waals surface area (Å²) < 4.78 is 39.6. The van der Waals surface area contributed by atoms with Crippen molar-refractivity contribution in [3.63, 3.8) is 0 Å². The van der Waals surface area contributed by atoms with Crippen molar-refractivity contribution in [1.82, 2.24) is 50.3 Å². The number of carboxylic acids is 2. The molecular weight excluding hydrogens is 1160 g/mol. The summed E-state index contributed by atoms with van der Waals surface area (Å²) in [5.41, 5.74) is 4.11. The first-order valence-corrected chi connectivity index (χ1v) is 27.5. The maximum Gasteiger partial charge on any atom is 0.448 e. The minimum absolute atomic E-state index is 0.129. The Balaban J connectivity index is 0.000000182. The van der Waals surface area contributed by atoms with Crippen molar-refractivity contribution in [3.8, 4) is 0 Å². The molecule has 88 heavy (non-hydrogen) atoms. The van der Waals surface area contributed by atoms with E-state index in [1.807, 2.05) is 0 Å². The number of rotatable bonds is 18. The normalized spacial score (nSPS) is 20.9. The number of fused-ring (bicyclic) bond motifs is 8. The zero-order valence-corrected chi connectivity index (χ0v) is 46.1. The molecule has 0 saturated heterocycles. The van der Waals surface area contributed by atoms with E-state index in [9.17, 15) is 76.5 Å². The number of halogens is 2. The Bertz CT molecular complexity index is 4500. The Hall–Kier alpha value is -10.8. The number of carbonyl (C=O) groups excluding carboxylic acids is 4. The van der Waals surface area contributed by atoms with E-state index in [1.165, 1.54) is 24.3 Å². The van der Waals surface area contributed by atoms with Gasteiger partial charge in [0.15, 0.2) is 0 Å². The average molecular weight is 1220 g/mol. The van der Waals surface area contributed by atoms with Gasteiger partial charge in [-0.15, -0.1) is 0 Å². The fraction of sp³-hybridized carbons (Fsp3) is 0.357. The van der Waals surface area contributed by atoms with Crippen LogP contribution in [0.25, 0.3) is 11.6 Å². The number of nitrogens with one attached hydrogen (secondary N) is 6. The van der Waals surface area contributed by atoms with Gasteiger partial charge in [0.2, 0.25) is 0 Å². The quantitative estimate of drug-likeness (QED) is 0.0546. The van der Waals surface area contributed by atoms with E-state index in [4.69, 9.17) is 11.5 Å². The van der Waals surface area contributed by atoms with Crippen LogP contribution in [0.15, 0.2) is 86.3 Å². The summed E-state index contributed by atoms with van der Waals surface area (Å²) in [5.74, 6) is -8.46. The summed E-state index contributed by atoms with van der Waals surface area (Å²) in [6, 6.07) is 9.80. The SMILES string of the molecule is Nc1c(Nc2cc(CNC(=O)c3cc(C(=O)NCC45CCC(C(=O)O)(CC4)CC5)n4c(=O)onc4n3)ccc2F)c(=O)c1=O.Nc1c(Nc2cc(CNC(=O)c3cc(C(=O)NCC45CCC(C(=O)O)(CC4)CC5)nc4noc(=O)n34)ccc2F)c(=O)c1=O. The molecule has 14 rings (SSSR count). The summed E-state index contributed by atoms with van der Waals surface area (Å²) in [6.07, 6.45) is 7.16. The molecule has 0 spiro atoms. The first-order chi connectivity index (χ1) is 41.8. The van der Waals surface area contributed by atoms with Gasteiger partial charge in [-0.05, 0) is 146 Å². The van der Waals surface area contributed by atoms with Crippen molar-refractivity contribution in [3.05, 3.63) is 156 Å². The predicted molar refractivity (Wildman–Crippen MR) is 301 cm³/mol. The van der Waals surface area contributed by atoms with Crippen LogP contribution in [0.1, 0.15) is 130 Å². The van der Waals surface area contributed by atoms with Gasteiger partial charge in [-0.3, -0.25) is 57.0 Å². The third-order valence-electron chi connectivity index (χ3n) is 17.9. The van der Waals surface area contributed by atoms with Crippen molar-refractivity contribution in [1.29, 1.82) is 0 Å². The Morgan fingerprint density at radius 3 is 1.23 bits per heavy atom. The second kappa shape index (κ2) is 22.2. The lowest BCUT2D eigenvalue weighted by Gasteiger charge is -2.51. The smallest absolute Gasteiger partial charge is 0.448 e. The van der Waals surface area contributed by atoms with Gasteiger partial charge in [-0.1, -0.05) is 12.1 Å². The van der Waals surface area contributed by atoms with E-state index in [-0.39, 0.29) is 98.9 Å². The number of hydrogen-bond acceptors (Lipinski definition) is 22. The maximum absolute atomic E-state index is 14.4. The highest BCUT2D eigenvalue weighted by molar-refractivity contribution is 5.99. The Morgan fingerprint density at radius 1 is 0.500 bits per heavy atom. The highest BCUT2D eigenvalue weighted by Gasteiger charge is 2.54. The number of nitrogen functional groups attached to an aromatic ring is 2. The van der Waals surface area contributed by atoms with E-state index in [1.54, 1.807) is 0 Å². The van der Waals surface area contributed by atoms with Crippen LogP contribution in [0.5, 0.6) is 0 Å². The van der Waals surface area contributed by atoms with Crippen molar-refractivity contribution < 1.29 is 56.8 Å². The summed E-state index contributed by atoms with van der Waals surface area (Å²) in [5, 5.41) is 42.2. The van der Waals surface area contributed by atoms with Gasteiger partial charge >= 0.3 is 23.5 Å². The van der Waals surface area contributed by atoms with E-state index in [0.29, 0.717) is 94.7 Å². The fourth-order valence-corrected chi connectivity index (χ4v) is 12.1. The second-order valence-electron chi connectivity index (χ2n) is 22.9. The van der Waals surface area contributed by atoms with Gasteiger partial charge in [-0.25, -0.2) is 37.1 Å².